The molecule has 1 heterocycles. The Morgan fingerprint density at radius 3 is 1.72 bits per heavy atom. The molecule has 1 aliphatic heterocycles. The van der Waals surface area contributed by atoms with E-state index in [0.29, 0.717) is 0 Å². The van der Waals surface area contributed by atoms with Crippen molar-refractivity contribution in [2.75, 3.05) is 13.2 Å². The summed E-state index contributed by atoms with van der Waals surface area (Å²) in [4.78, 5) is 0. The largest absolute Gasteiger partial charge is 0.381 e. The Kier molecular flexibility index (Phi) is 4.38. The van der Waals surface area contributed by atoms with E-state index in [9.17, 15) is 0 Å². The maximum Gasteiger partial charge on any atom is 0.0477 e. The van der Waals surface area contributed by atoms with Crippen molar-refractivity contribution in [3.05, 3.63) is 60.7 Å². The Balaban J connectivity index is 0.000000136. The Bertz CT molecular complexity index is 380. The summed E-state index contributed by atoms with van der Waals surface area (Å²) in [6.07, 6.45) is 8.66. The molecule has 1 aliphatic carbocycles. The molecule has 0 saturated carbocycles. The van der Waals surface area contributed by atoms with Crippen LogP contribution in [0.25, 0.3) is 0 Å². The molecular formula is C17H22O. The van der Waals surface area contributed by atoms with Gasteiger partial charge in [-0.1, -0.05) is 36.4 Å². The molecule has 3 rings (SSSR count). The van der Waals surface area contributed by atoms with Gasteiger partial charge in [0, 0.05) is 18.6 Å². The zero-order valence-corrected chi connectivity index (χ0v) is 11.0. The van der Waals surface area contributed by atoms with Crippen molar-refractivity contribution in [3.8, 4) is 0 Å². The highest BCUT2D eigenvalue weighted by molar-refractivity contribution is 5.34. The van der Waals surface area contributed by atoms with Crippen LogP contribution in [-0.2, 0) is 17.6 Å². The van der Waals surface area contributed by atoms with Crippen molar-refractivity contribution in [3.63, 3.8) is 0 Å². The van der Waals surface area contributed by atoms with Gasteiger partial charge < -0.3 is 4.74 Å². The molecule has 18 heavy (non-hydrogen) atoms. The molecule has 0 unspecified atom stereocenters. The van der Waals surface area contributed by atoms with Gasteiger partial charge in [0.2, 0.25) is 0 Å². The molecule has 1 fully saturated rings. The second-order valence-corrected chi connectivity index (χ2v) is 5.02. The van der Waals surface area contributed by atoms with Crippen LogP contribution >= 0.6 is 0 Å². The van der Waals surface area contributed by atoms with Gasteiger partial charge in [0.15, 0.2) is 0 Å². The summed E-state index contributed by atoms with van der Waals surface area (Å²) in [5.41, 5.74) is 3.26. The Hall–Kier alpha value is -1.34. The van der Waals surface area contributed by atoms with Crippen LogP contribution < -0.4 is 0 Å². The predicted molar refractivity (Wildman–Crippen MR) is 76.7 cm³/mol. The minimum atomic E-state index is 0.165. The molecule has 2 aliphatic rings. The van der Waals surface area contributed by atoms with Gasteiger partial charge in [-0.25, -0.2) is 0 Å². The smallest absolute Gasteiger partial charge is 0.0477 e. The summed E-state index contributed by atoms with van der Waals surface area (Å²) < 4.78 is 5.23. The van der Waals surface area contributed by atoms with E-state index in [2.05, 4.69) is 37.4 Å². The molecule has 0 radical (unpaired) electrons. The fourth-order valence-corrected chi connectivity index (χ4v) is 2.38. The average Bonchev–Trinajstić information content (AvgIpc) is 2.42. The number of benzene rings is 1. The minimum absolute atomic E-state index is 0.165. The number of ether oxygens (including phenoxy) is 1. The molecule has 0 spiro atoms. The normalized spacial score (nSPS) is 19.6. The second-order valence-electron chi connectivity index (χ2n) is 5.02. The number of hydrogen-bond donors (Lipinski definition) is 0. The van der Waals surface area contributed by atoms with Gasteiger partial charge in [-0.05, 0) is 36.8 Å². The van der Waals surface area contributed by atoms with E-state index >= 15 is 0 Å². The number of hydrogen-bond acceptors (Lipinski definition) is 1. The SMILES string of the molecule is C=CC1(C=C)CCOCC1.c1ccc2c(c1)CC2. The lowest BCUT2D eigenvalue weighted by Gasteiger charge is -2.30. The Morgan fingerprint density at radius 2 is 1.44 bits per heavy atom. The molecule has 0 amide bonds. The summed E-state index contributed by atoms with van der Waals surface area (Å²) in [7, 11) is 0. The molecule has 1 aromatic carbocycles. The third-order valence-corrected chi connectivity index (χ3v) is 4.02. The van der Waals surface area contributed by atoms with Crippen LogP contribution in [0.1, 0.15) is 24.0 Å². The van der Waals surface area contributed by atoms with Crippen LogP contribution in [0.3, 0.4) is 0 Å². The highest BCUT2D eigenvalue weighted by Gasteiger charge is 2.25. The lowest BCUT2D eigenvalue weighted by molar-refractivity contribution is 0.0558. The topological polar surface area (TPSA) is 9.23 Å². The van der Waals surface area contributed by atoms with Crippen molar-refractivity contribution in [2.24, 2.45) is 5.41 Å². The first-order valence-electron chi connectivity index (χ1n) is 6.71. The van der Waals surface area contributed by atoms with Crippen LogP contribution in [-0.4, -0.2) is 13.2 Å². The molecule has 0 atom stereocenters. The van der Waals surface area contributed by atoms with E-state index in [-0.39, 0.29) is 5.41 Å². The van der Waals surface area contributed by atoms with Gasteiger partial charge in [-0.3, -0.25) is 0 Å². The van der Waals surface area contributed by atoms with Gasteiger partial charge in [0.1, 0.15) is 0 Å². The monoisotopic (exact) mass is 242 g/mol. The molecule has 1 saturated heterocycles. The average molecular weight is 242 g/mol. The van der Waals surface area contributed by atoms with Crippen molar-refractivity contribution in [2.45, 2.75) is 25.7 Å². The number of aryl methyl sites for hydroxylation is 2. The molecule has 1 aromatic rings. The first kappa shape index (κ1) is 13.1. The fourth-order valence-electron chi connectivity index (χ4n) is 2.38. The maximum absolute atomic E-state index is 5.23. The highest BCUT2D eigenvalue weighted by atomic mass is 16.5. The van der Waals surface area contributed by atoms with Crippen LogP contribution in [0.5, 0.6) is 0 Å². The van der Waals surface area contributed by atoms with Crippen molar-refractivity contribution >= 4 is 0 Å². The molecular weight excluding hydrogens is 220 g/mol. The van der Waals surface area contributed by atoms with Crippen molar-refractivity contribution < 1.29 is 4.74 Å². The van der Waals surface area contributed by atoms with Crippen LogP contribution in [0, 0.1) is 5.41 Å². The highest BCUT2D eigenvalue weighted by Crippen LogP contribution is 2.32. The van der Waals surface area contributed by atoms with Gasteiger partial charge >= 0.3 is 0 Å². The molecule has 0 bridgehead atoms. The van der Waals surface area contributed by atoms with Crippen molar-refractivity contribution in [1.82, 2.24) is 0 Å². The first-order chi connectivity index (χ1) is 8.79. The Morgan fingerprint density at radius 1 is 0.944 bits per heavy atom. The summed E-state index contributed by atoms with van der Waals surface area (Å²) >= 11 is 0. The van der Waals surface area contributed by atoms with Gasteiger partial charge in [-0.15, -0.1) is 13.2 Å². The zero-order valence-electron chi connectivity index (χ0n) is 11.0. The third kappa shape index (κ3) is 2.91. The lowest BCUT2D eigenvalue weighted by atomic mass is 9.81. The van der Waals surface area contributed by atoms with Gasteiger partial charge in [-0.2, -0.15) is 0 Å². The quantitative estimate of drug-likeness (QED) is 0.714. The van der Waals surface area contributed by atoms with Crippen molar-refractivity contribution in [1.29, 1.82) is 0 Å². The third-order valence-electron chi connectivity index (χ3n) is 4.02. The molecule has 96 valence electrons. The first-order valence-corrected chi connectivity index (χ1v) is 6.71. The fraction of sp³-hybridized carbons (Fsp3) is 0.412. The summed E-state index contributed by atoms with van der Waals surface area (Å²) in [5.74, 6) is 0. The van der Waals surface area contributed by atoms with E-state index in [1.807, 2.05) is 12.2 Å². The standard InChI is InChI=1S/C9H14O.C8H8/c1-3-9(4-2)5-7-10-8-6-9;1-2-4-8-6-5-7(8)3-1/h3-4H,1-2,5-8H2;1-4H,5-6H2. The van der Waals surface area contributed by atoms with E-state index < -0.39 is 0 Å². The maximum atomic E-state index is 5.23. The molecule has 0 N–H and O–H groups in total. The second kappa shape index (κ2) is 6.01. The van der Waals surface area contributed by atoms with Crippen LogP contribution in [0.2, 0.25) is 0 Å². The van der Waals surface area contributed by atoms with Crippen LogP contribution in [0.4, 0.5) is 0 Å². The van der Waals surface area contributed by atoms with E-state index in [0.717, 1.165) is 26.1 Å². The van der Waals surface area contributed by atoms with E-state index in [4.69, 9.17) is 4.74 Å². The number of allylic oxidation sites excluding steroid dienone is 2. The molecule has 1 heteroatoms. The summed E-state index contributed by atoms with van der Waals surface area (Å²) in [6.45, 7) is 9.29. The molecule has 0 aromatic heterocycles. The predicted octanol–water partition coefficient (Wildman–Crippen LogP) is 3.94. The minimum Gasteiger partial charge on any atom is -0.381 e. The van der Waals surface area contributed by atoms with Crippen LogP contribution in [0.15, 0.2) is 49.6 Å². The van der Waals surface area contributed by atoms with E-state index in [1.165, 1.54) is 12.8 Å². The zero-order chi connectivity index (χ0) is 12.8. The van der Waals surface area contributed by atoms with E-state index in [1.54, 1.807) is 11.1 Å². The number of fused-ring (bicyclic) bond motifs is 1. The summed E-state index contributed by atoms with van der Waals surface area (Å²) in [6, 6.07) is 8.63. The van der Waals surface area contributed by atoms with Gasteiger partial charge in [0.05, 0.1) is 0 Å². The van der Waals surface area contributed by atoms with Gasteiger partial charge in [0.25, 0.3) is 0 Å². The lowest BCUT2D eigenvalue weighted by Crippen LogP contribution is -2.24. The molecule has 1 nitrogen and oxygen atoms in total. The number of rotatable bonds is 2. The summed E-state index contributed by atoms with van der Waals surface area (Å²) in [5, 5.41) is 0. The Labute approximate surface area is 110 Å².